The molecule has 0 aromatic heterocycles. The molecule has 2 fully saturated rings. The van der Waals surface area contributed by atoms with Gasteiger partial charge in [0.05, 0.1) is 18.1 Å². The number of carbonyl (C=O) groups is 1. The zero-order valence-corrected chi connectivity index (χ0v) is 20.4. The number of fused-ring (bicyclic) bond motifs is 1. The summed E-state index contributed by atoms with van der Waals surface area (Å²) in [6, 6.07) is 5.04. The molecule has 184 valence electrons. The number of nitrogens with zero attached hydrogens (tertiary/aromatic N) is 2. The molecule has 1 aromatic carbocycles. The van der Waals surface area contributed by atoms with E-state index in [0.29, 0.717) is 50.6 Å². The first-order valence-electron chi connectivity index (χ1n) is 12.4. The first kappa shape index (κ1) is 24.3. The molecule has 0 atom stereocenters. The Balaban J connectivity index is 1.28. The molecule has 0 unspecified atom stereocenters. The van der Waals surface area contributed by atoms with Crippen molar-refractivity contribution in [1.29, 1.82) is 0 Å². The van der Waals surface area contributed by atoms with Gasteiger partial charge in [0.1, 0.15) is 0 Å². The largest absolute Gasteiger partial charge is 0.490 e. The molecule has 3 aliphatic rings. The van der Waals surface area contributed by atoms with Crippen LogP contribution >= 0.6 is 0 Å². The number of hydrogen-bond donors (Lipinski definition) is 1. The summed E-state index contributed by atoms with van der Waals surface area (Å²) in [5, 5.41) is 3.23. The fourth-order valence-corrected chi connectivity index (χ4v) is 6.30. The minimum Gasteiger partial charge on any atom is -0.490 e. The quantitative estimate of drug-likeness (QED) is 0.647. The van der Waals surface area contributed by atoms with Gasteiger partial charge in [0.15, 0.2) is 11.5 Å². The molecule has 0 aliphatic carbocycles. The van der Waals surface area contributed by atoms with Crippen LogP contribution in [-0.4, -0.2) is 75.5 Å². The van der Waals surface area contributed by atoms with Crippen molar-refractivity contribution in [2.24, 2.45) is 5.92 Å². The fourth-order valence-electron chi connectivity index (χ4n) is 4.81. The van der Waals surface area contributed by atoms with Gasteiger partial charge in [-0.3, -0.25) is 4.79 Å². The Labute approximate surface area is 197 Å². The van der Waals surface area contributed by atoms with Crippen LogP contribution in [0, 0.1) is 5.92 Å². The molecule has 0 saturated carbocycles. The number of amides is 1. The van der Waals surface area contributed by atoms with Crippen LogP contribution in [0.3, 0.4) is 0 Å². The second-order valence-corrected chi connectivity index (χ2v) is 11.3. The number of benzene rings is 1. The first-order valence-corrected chi connectivity index (χ1v) is 13.8. The summed E-state index contributed by atoms with van der Waals surface area (Å²) in [7, 11) is -3.64. The molecule has 9 heteroatoms. The van der Waals surface area contributed by atoms with Gasteiger partial charge in [-0.2, -0.15) is 4.31 Å². The van der Waals surface area contributed by atoms with Crippen LogP contribution in [0.15, 0.2) is 23.1 Å². The van der Waals surface area contributed by atoms with Crippen LogP contribution in [0.25, 0.3) is 0 Å². The molecular weight excluding hydrogens is 442 g/mol. The average molecular weight is 480 g/mol. The number of sulfonamides is 1. The SMILES string of the molecule is CCCCN1CCC(NC(=O)C2CCN(S(=O)(=O)c3ccc4c(c3)OCCCO4)CC2)CC1. The van der Waals surface area contributed by atoms with Crippen LogP contribution in [0.1, 0.15) is 51.9 Å². The Kier molecular flexibility index (Phi) is 8.14. The summed E-state index contributed by atoms with van der Waals surface area (Å²) in [4.78, 5) is 15.5. The smallest absolute Gasteiger partial charge is 0.243 e. The number of unbranched alkanes of at least 4 members (excludes halogenated alkanes) is 1. The summed E-state index contributed by atoms with van der Waals surface area (Å²) >= 11 is 0. The lowest BCUT2D eigenvalue weighted by Gasteiger charge is -2.34. The number of piperidine rings is 2. The predicted octanol–water partition coefficient (Wildman–Crippen LogP) is 2.63. The zero-order chi connectivity index (χ0) is 23.3. The third-order valence-corrected chi connectivity index (χ3v) is 8.84. The van der Waals surface area contributed by atoms with E-state index >= 15 is 0 Å². The standard InChI is InChI=1S/C24H37N3O5S/c1-2-3-11-26-12-9-20(10-13-26)25-24(28)19-7-14-27(15-8-19)33(29,30)21-5-6-22-23(18-21)32-17-4-16-31-22/h5-6,18-20H,2-4,7-17H2,1H3,(H,25,28). The third-order valence-electron chi connectivity index (χ3n) is 6.94. The number of nitrogens with one attached hydrogen (secondary N) is 1. The Morgan fingerprint density at radius 1 is 1.03 bits per heavy atom. The van der Waals surface area contributed by atoms with Gasteiger partial charge in [-0.15, -0.1) is 0 Å². The van der Waals surface area contributed by atoms with Gasteiger partial charge >= 0.3 is 0 Å². The number of likely N-dealkylation sites (tertiary alicyclic amines) is 1. The second kappa shape index (κ2) is 11.1. The lowest BCUT2D eigenvalue weighted by Crippen LogP contribution is -2.48. The minimum atomic E-state index is -3.64. The van der Waals surface area contributed by atoms with Crippen molar-refractivity contribution in [3.63, 3.8) is 0 Å². The number of rotatable bonds is 7. The topological polar surface area (TPSA) is 88.2 Å². The van der Waals surface area contributed by atoms with Crippen molar-refractivity contribution in [2.45, 2.75) is 62.8 Å². The Bertz CT molecular complexity index is 907. The summed E-state index contributed by atoms with van der Waals surface area (Å²) in [5.74, 6) is 1.01. The lowest BCUT2D eigenvalue weighted by atomic mass is 9.96. The van der Waals surface area contributed by atoms with Gasteiger partial charge in [0, 0.05) is 50.6 Å². The van der Waals surface area contributed by atoms with Gasteiger partial charge in [-0.1, -0.05) is 13.3 Å². The molecule has 1 aromatic rings. The molecule has 1 amide bonds. The Hall–Kier alpha value is -1.84. The monoisotopic (exact) mass is 479 g/mol. The van der Waals surface area contributed by atoms with E-state index in [1.807, 2.05) is 0 Å². The van der Waals surface area contributed by atoms with Crippen LogP contribution in [0.4, 0.5) is 0 Å². The van der Waals surface area contributed by atoms with Crippen molar-refractivity contribution in [2.75, 3.05) is 45.9 Å². The van der Waals surface area contributed by atoms with Gasteiger partial charge in [0.25, 0.3) is 0 Å². The van der Waals surface area contributed by atoms with Crippen molar-refractivity contribution in [3.8, 4) is 11.5 Å². The van der Waals surface area contributed by atoms with Gasteiger partial charge in [0.2, 0.25) is 15.9 Å². The highest BCUT2D eigenvalue weighted by Gasteiger charge is 2.33. The fraction of sp³-hybridized carbons (Fsp3) is 0.708. The van der Waals surface area contributed by atoms with E-state index < -0.39 is 10.0 Å². The van der Waals surface area contributed by atoms with E-state index in [4.69, 9.17) is 9.47 Å². The molecule has 1 N–H and O–H groups in total. The molecular formula is C24H37N3O5S. The highest BCUT2D eigenvalue weighted by molar-refractivity contribution is 7.89. The maximum atomic E-state index is 13.2. The van der Waals surface area contributed by atoms with Crippen LogP contribution in [-0.2, 0) is 14.8 Å². The maximum absolute atomic E-state index is 13.2. The first-order chi connectivity index (χ1) is 16.0. The normalized spacial score (nSPS) is 21.5. The van der Waals surface area contributed by atoms with E-state index in [0.717, 1.165) is 38.9 Å². The number of ether oxygens (including phenoxy) is 2. The average Bonchev–Trinajstić information content (AvgIpc) is 3.08. The molecule has 0 bridgehead atoms. The molecule has 0 radical (unpaired) electrons. The van der Waals surface area contributed by atoms with E-state index in [2.05, 4.69) is 17.1 Å². The zero-order valence-electron chi connectivity index (χ0n) is 19.6. The van der Waals surface area contributed by atoms with E-state index in [9.17, 15) is 13.2 Å². The third kappa shape index (κ3) is 6.00. The number of hydrogen-bond acceptors (Lipinski definition) is 6. The molecule has 0 spiro atoms. The van der Waals surface area contributed by atoms with Crippen LogP contribution < -0.4 is 14.8 Å². The lowest BCUT2D eigenvalue weighted by molar-refractivity contribution is -0.127. The molecule has 4 rings (SSSR count). The highest BCUT2D eigenvalue weighted by Crippen LogP contribution is 2.33. The van der Waals surface area contributed by atoms with Crippen LogP contribution in [0.2, 0.25) is 0 Å². The van der Waals surface area contributed by atoms with Gasteiger partial charge in [-0.05, 0) is 50.8 Å². The van der Waals surface area contributed by atoms with Gasteiger partial charge in [-0.25, -0.2) is 8.42 Å². The van der Waals surface area contributed by atoms with E-state index in [1.165, 1.54) is 17.1 Å². The molecule has 8 nitrogen and oxygen atoms in total. The molecule has 3 aliphatic heterocycles. The molecule has 3 heterocycles. The predicted molar refractivity (Wildman–Crippen MR) is 126 cm³/mol. The Morgan fingerprint density at radius 2 is 1.73 bits per heavy atom. The second-order valence-electron chi connectivity index (χ2n) is 9.32. The van der Waals surface area contributed by atoms with Crippen molar-refractivity contribution in [3.05, 3.63) is 18.2 Å². The molecule has 33 heavy (non-hydrogen) atoms. The van der Waals surface area contributed by atoms with E-state index in [-0.39, 0.29) is 22.8 Å². The number of carbonyl (C=O) groups excluding carboxylic acids is 1. The van der Waals surface area contributed by atoms with Crippen LogP contribution in [0.5, 0.6) is 11.5 Å². The summed E-state index contributed by atoms with van der Waals surface area (Å²) in [6.07, 6.45) is 6.28. The van der Waals surface area contributed by atoms with E-state index in [1.54, 1.807) is 18.2 Å². The Morgan fingerprint density at radius 3 is 2.42 bits per heavy atom. The molecule has 2 saturated heterocycles. The summed E-state index contributed by atoms with van der Waals surface area (Å²) in [6.45, 7) is 7.21. The van der Waals surface area contributed by atoms with Crippen molar-refractivity contribution in [1.82, 2.24) is 14.5 Å². The highest BCUT2D eigenvalue weighted by atomic mass is 32.2. The van der Waals surface area contributed by atoms with Crippen molar-refractivity contribution < 1.29 is 22.7 Å². The minimum absolute atomic E-state index is 0.0784. The summed E-state index contributed by atoms with van der Waals surface area (Å²) in [5.41, 5.74) is 0. The maximum Gasteiger partial charge on any atom is 0.243 e. The van der Waals surface area contributed by atoms with Crippen molar-refractivity contribution >= 4 is 15.9 Å². The van der Waals surface area contributed by atoms with Gasteiger partial charge < -0.3 is 19.7 Å². The summed E-state index contributed by atoms with van der Waals surface area (Å²) < 4.78 is 39.1.